The molecular weight excluding hydrogens is 316 g/mol. The molecule has 0 aliphatic carbocycles. The van der Waals surface area contributed by atoms with Crippen LogP contribution in [0.3, 0.4) is 0 Å². The zero-order valence-corrected chi connectivity index (χ0v) is 12.0. The van der Waals surface area contributed by atoms with E-state index in [2.05, 4.69) is 25.6 Å². The van der Waals surface area contributed by atoms with Gasteiger partial charge in [0.2, 0.25) is 0 Å². The Labute approximate surface area is 114 Å². The summed E-state index contributed by atoms with van der Waals surface area (Å²) in [4.78, 5) is 4.30. The van der Waals surface area contributed by atoms with Crippen molar-refractivity contribution in [3.05, 3.63) is 52.6 Å². The minimum atomic E-state index is -3.62. The quantitative estimate of drug-likeness (QED) is 0.943. The van der Waals surface area contributed by atoms with Gasteiger partial charge in [-0.25, -0.2) is 13.4 Å². The Balaban J connectivity index is 2.37. The van der Waals surface area contributed by atoms with E-state index in [9.17, 15) is 8.42 Å². The Hall–Kier alpha value is -1.40. The molecule has 1 N–H and O–H groups in total. The van der Waals surface area contributed by atoms with Crippen molar-refractivity contribution in [3.8, 4) is 0 Å². The Kier molecular flexibility index (Phi) is 3.68. The SMILES string of the molecule is Cc1cccc(NS(=O)(=O)c2ccccc2Br)n1. The summed E-state index contributed by atoms with van der Waals surface area (Å²) in [6.07, 6.45) is 0. The molecule has 0 aliphatic heterocycles. The molecule has 0 saturated carbocycles. The highest BCUT2D eigenvalue weighted by atomic mass is 79.9. The monoisotopic (exact) mass is 326 g/mol. The molecule has 1 aromatic carbocycles. The Morgan fingerprint density at radius 2 is 1.83 bits per heavy atom. The topological polar surface area (TPSA) is 59.1 Å². The highest BCUT2D eigenvalue weighted by Gasteiger charge is 2.17. The number of nitrogens with one attached hydrogen (secondary N) is 1. The first kappa shape index (κ1) is 13.0. The molecule has 4 nitrogen and oxygen atoms in total. The summed E-state index contributed by atoms with van der Waals surface area (Å²) in [7, 11) is -3.62. The first-order valence-electron chi connectivity index (χ1n) is 5.20. The van der Waals surface area contributed by atoms with Crippen molar-refractivity contribution in [2.45, 2.75) is 11.8 Å². The van der Waals surface area contributed by atoms with E-state index in [1.54, 1.807) is 43.3 Å². The molecule has 0 radical (unpaired) electrons. The van der Waals surface area contributed by atoms with Gasteiger partial charge in [0.1, 0.15) is 10.7 Å². The van der Waals surface area contributed by atoms with Crippen molar-refractivity contribution in [3.63, 3.8) is 0 Å². The fourth-order valence-corrected chi connectivity index (χ4v) is 3.46. The number of sulfonamides is 1. The molecule has 6 heteroatoms. The molecule has 0 spiro atoms. The molecule has 0 unspecified atom stereocenters. The van der Waals surface area contributed by atoms with Crippen molar-refractivity contribution in [1.82, 2.24) is 4.98 Å². The van der Waals surface area contributed by atoms with Gasteiger partial charge in [0.15, 0.2) is 0 Å². The van der Waals surface area contributed by atoms with Gasteiger partial charge in [-0.05, 0) is 47.1 Å². The van der Waals surface area contributed by atoms with E-state index in [0.717, 1.165) is 5.69 Å². The lowest BCUT2D eigenvalue weighted by Crippen LogP contribution is -2.14. The normalized spacial score (nSPS) is 11.2. The van der Waals surface area contributed by atoms with Crippen molar-refractivity contribution in [1.29, 1.82) is 0 Å². The number of hydrogen-bond donors (Lipinski definition) is 1. The third-order valence-electron chi connectivity index (χ3n) is 2.25. The fraction of sp³-hybridized carbons (Fsp3) is 0.0833. The van der Waals surface area contributed by atoms with E-state index >= 15 is 0 Å². The van der Waals surface area contributed by atoms with Gasteiger partial charge in [-0.2, -0.15) is 0 Å². The summed E-state index contributed by atoms with van der Waals surface area (Å²) in [6, 6.07) is 11.8. The maximum absolute atomic E-state index is 12.2. The number of aryl methyl sites for hydroxylation is 1. The van der Waals surface area contributed by atoms with Gasteiger partial charge in [-0.15, -0.1) is 0 Å². The van der Waals surface area contributed by atoms with Crippen LogP contribution in [-0.2, 0) is 10.0 Å². The standard InChI is InChI=1S/C12H11BrN2O2S/c1-9-5-4-8-12(14-9)15-18(16,17)11-7-3-2-6-10(11)13/h2-8H,1H3,(H,14,15). The van der Waals surface area contributed by atoms with Crippen molar-refractivity contribution < 1.29 is 8.42 Å². The highest BCUT2D eigenvalue weighted by molar-refractivity contribution is 9.10. The summed E-state index contributed by atoms with van der Waals surface area (Å²) in [6.45, 7) is 1.80. The van der Waals surface area contributed by atoms with Crippen LogP contribution in [0.1, 0.15) is 5.69 Å². The molecule has 0 bridgehead atoms. The molecule has 0 amide bonds. The van der Waals surface area contributed by atoms with E-state index in [4.69, 9.17) is 0 Å². The third-order valence-corrected chi connectivity index (χ3v) is 4.62. The van der Waals surface area contributed by atoms with Crippen LogP contribution < -0.4 is 4.72 Å². The van der Waals surface area contributed by atoms with Gasteiger partial charge >= 0.3 is 0 Å². The largest absolute Gasteiger partial charge is 0.264 e. The maximum Gasteiger partial charge on any atom is 0.264 e. The number of hydrogen-bond acceptors (Lipinski definition) is 3. The summed E-state index contributed by atoms with van der Waals surface area (Å²) in [5.41, 5.74) is 0.752. The van der Waals surface area contributed by atoms with Crippen LogP contribution in [0.2, 0.25) is 0 Å². The van der Waals surface area contributed by atoms with Gasteiger partial charge in [-0.3, -0.25) is 4.72 Å². The minimum Gasteiger partial charge on any atom is -0.263 e. The molecule has 2 rings (SSSR count). The van der Waals surface area contributed by atoms with Gasteiger partial charge in [0, 0.05) is 10.2 Å². The molecule has 2 aromatic rings. The molecule has 18 heavy (non-hydrogen) atoms. The number of aromatic nitrogens is 1. The fourth-order valence-electron chi connectivity index (χ4n) is 1.46. The zero-order chi connectivity index (χ0) is 13.2. The summed E-state index contributed by atoms with van der Waals surface area (Å²) < 4.78 is 27.3. The molecule has 1 heterocycles. The van der Waals surface area contributed by atoms with E-state index in [1.807, 2.05) is 0 Å². The van der Waals surface area contributed by atoms with Crippen LogP contribution in [0.4, 0.5) is 5.82 Å². The van der Waals surface area contributed by atoms with Crippen LogP contribution >= 0.6 is 15.9 Å². The first-order chi connectivity index (χ1) is 8.49. The second-order valence-electron chi connectivity index (χ2n) is 3.70. The maximum atomic E-state index is 12.2. The number of halogens is 1. The first-order valence-corrected chi connectivity index (χ1v) is 7.48. The van der Waals surface area contributed by atoms with Gasteiger partial charge < -0.3 is 0 Å². The second kappa shape index (κ2) is 5.07. The lowest BCUT2D eigenvalue weighted by Gasteiger charge is -2.09. The minimum absolute atomic E-state index is 0.188. The number of pyridine rings is 1. The smallest absolute Gasteiger partial charge is 0.263 e. The van der Waals surface area contributed by atoms with Crippen LogP contribution in [0, 0.1) is 6.92 Å². The molecule has 0 aliphatic rings. The van der Waals surface area contributed by atoms with Gasteiger partial charge in [0.05, 0.1) is 0 Å². The van der Waals surface area contributed by atoms with Crippen molar-refractivity contribution >= 4 is 31.8 Å². The predicted molar refractivity (Wildman–Crippen MR) is 73.9 cm³/mol. The van der Waals surface area contributed by atoms with E-state index in [0.29, 0.717) is 10.3 Å². The van der Waals surface area contributed by atoms with Crippen molar-refractivity contribution in [2.24, 2.45) is 0 Å². The number of anilines is 1. The van der Waals surface area contributed by atoms with Crippen molar-refractivity contribution in [2.75, 3.05) is 4.72 Å². The second-order valence-corrected chi connectivity index (χ2v) is 6.21. The molecule has 1 aromatic heterocycles. The van der Waals surface area contributed by atoms with E-state index in [-0.39, 0.29) is 4.90 Å². The summed E-state index contributed by atoms with van der Waals surface area (Å²) in [5, 5.41) is 0. The van der Waals surface area contributed by atoms with E-state index in [1.165, 1.54) is 6.07 Å². The zero-order valence-electron chi connectivity index (χ0n) is 9.59. The molecule has 0 fully saturated rings. The molecular formula is C12H11BrN2O2S. The lowest BCUT2D eigenvalue weighted by atomic mass is 10.4. The number of nitrogens with zero attached hydrogens (tertiary/aromatic N) is 1. The molecule has 0 saturated heterocycles. The summed E-state index contributed by atoms with van der Waals surface area (Å²) >= 11 is 3.22. The van der Waals surface area contributed by atoms with Crippen LogP contribution in [0.15, 0.2) is 51.8 Å². The predicted octanol–water partition coefficient (Wildman–Crippen LogP) is 2.95. The van der Waals surface area contributed by atoms with Crippen LogP contribution in [0.25, 0.3) is 0 Å². The molecule has 0 atom stereocenters. The average molecular weight is 327 g/mol. The third kappa shape index (κ3) is 2.88. The Morgan fingerprint density at radius 3 is 2.50 bits per heavy atom. The van der Waals surface area contributed by atoms with Crippen LogP contribution in [0.5, 0.6) is 0 Å². The van der Waals surface area contributed by atoms with E-state index < -0.39 is 10.0 Å². The van der Waals surface area contributed by atoms with Gasteiger partial charge in [0.25, 0.3) is 10.0 Å². The van der Waals surface area contributed by atoms with Gasteiger partial charge in [-0.1, -0.05) is 18.2 Å². The summed E-state index contributed by atoms with van der Waals surface area (Å²) in [5.74, 6) is 0.311. The van der Waals surface area contributed by atoms with Crippen LogP contribution in [-0.4, -0.2) is 13.4 Å². The number of benzene rings is 1. The number of rotatable bonds is 3. The highest BCUT2D eigenvalue weighted by Crippen LogP contribution is 2.23. The Bertz CT molecular complexity index is 671. The molecule has 94 valence electrons. The lowest BCUT2D eigenvalue weighted by molar-refractivity contribution is 0.600. The Morgan fingerprint density at radius 1 is 1.11 bits per heavy atom. The average Bonchev–Trinajstić information content (AvgIpc) is 2.28.